The zero-order valence-corrected chi connectivity index (χ0v) is 8.96. The standard InChI is InChI=1S/C8H5NO2.C5H5N/c10-7-5-3-1-2-4-6(5)9-8(7)11;1-2-4-6-5-3-1/h1-4H,(H,9,10,11);1-5H. The molecule has 0 spiro atoms. The molecule has 1 N–H and O–H groups in total. The molecular formula is C13H10N2O2. The number of para-hydroxylation sites is 1. The molecule has 0 saturated heterocycles. The van der Waals surface area contributed by atoms with Crippen LogP contribution in [0.2, 0.25) is 0 Å². The van der Waals surface area contributed by atoms with Gasteiger partial charge in [-0.2, -0.15) is 0 Å². The Morgan fingerprint density at radius 2 is 1.59 bits per heavy atom. The lowest BCUT2D eigenvalue weighted by Gasteiger charge is -1.91. The van der Waals surface area contributed by atoms with Crippen LogP contribution >= 0.6 is 0 Å². The number of carbonyl (C=O) groups is 2. The maximum Gasteiger partial charge on any atom is 0.296 e. The van der Waals surface area contributed by atoms with Gasteiger partial charge in [-0.3, -0.25) is 14.6 Å². The van der Waals surface area contributed by atoms with Crippen LogP contribution in [-0.2, 0) is 4.79 Å². The molecule has 0 radical (unpaired) electrons. The molecular weight excluding hydrogens is 216 g/mol. The lowest BCUT2D eigenvalue weighted by molar-refractivity contribution is -0.112. The van der Waals surface area contributed by atoms with Gasteiger partial charge in [-0.05, 0) is 24.3 Å². The average molecular weight is 226 g/mol. The van der Waals surface area contributed by atoms with Gasteiger partial charge in [0.2, 0.25) is 0 Å². The van der Waals surface area contributed by atoms with Gasteiger partial charge in [-0.25, -0.2) is 0 Å². The first-order chi connectivity index (χ1) is 8.29. The van der Waals surface area contributed by atoms with Crippen molar-refractivity contribution in [3.05, 3.63) is 60.4 Å². The van der Waals surface area contributed by atoms with Crippen LogP contribution in [-0.4, -0.2) is 16.7 Å². The second-order valence-electron chi connectivity index (χ2n) is 3.35. The Hall–Kier alpha value is -2.49. The number of amides is 1. The number of hydrogen-bond acceptors (Lipinski definition) is 3. The highest BCUT2D eigenvalue weighted by Crippen LogP contribution is 2.21. The first-order valence-corrected chi connectivity index (χ1v) is 5.09. The Morgan fingerprint density at radius 1 is 0.882 bits per heavy atom. The van der Waals surface area contributed by atoms with E-state index >= 15 is 0 Å². The van der Waals surface area contributed by atoms with Crippen molar-refractivity contribution in [1.29, 1.82) is 0 Å². The molecule has 1 aromatic heterocycles. The summed E-state index contributed by atoms with van der Waals surface area (Å²) in [6.07, 6.45) is 3.50. The quantitative estimate of drug-likeness (QED) is 0.698. The minimum atomic E-state index is -0.536. The molecule has 0 atom stereocenters. The number of ketones is 1. The number of anilines is 1. The van der Waals surface area contributed by atoms with E-state index in [0.717, 1.165) is 0 Å². The zero-order valence-electron chi connectivity index (χ0n) is 8.96. The summed E-state index contributed by atoms with van der Waals surface area (Å²) < 4.78 is 0. The van der Waals surface area contributed by atoms with Crippen molar-refractivity contribution in [1.82, 2.24) is 4.98 Å². The maximum absolute atomic E-state index is 11.0. The summed E-state index contributed by atoms with van der Waals surface area (Å²) in [6, 6.07) is 12.6. The van der Waals surface area contributed by atoms with E-state index in [1.54, 1.807) is 36.7 Å². The highest BCUT2D eigenvalue weighted by atomic mass is 16.2. The number of Topliss-reactive ketones (excluding diaryl/α,β-unsaturated/α-hetero) is 1. The Balaban J connectivity index is 0.000000153. The van der Waals surface area contributed by atoms with E-state index in [2.05, 4.69) is 10.3 Å². The molecule has 17 heavy (non-hydrogen) atoms. The Bertz CT molecular complexity index is 511. The number of rotatable bonds is 0. The van der Waals surface area contributed by atoms with E-state index < -0.39 is 11.7 Å². The molecule has 1 amide bonds. The fraction of sp³-hybridized carbons (Fsp3) is 0. The minimum absolute atomic E-state index is 0.444. The molecule has 4 heteroatoms. The Kier molecular flexibility index (Phi) is 3.25. The number of pyridine rings is 1. The molecule has 0 aliphatic carbocycles. The summed E-state index contributed by atoms with van der Waals surface area (Å²) in [6.45, 7) is 0. The molecule has 2 aromatic rings. The number of fused-ring (bicyclic) bond motifs is 1. The van der Waals surface area contributed by atoms with Gasteiger partial charge in [0.05, 0.1) is 11.3 Å². The van der Waals surface area contributed by atoms with Crippen molar-refractivity contribution >= 4 is 17.4 Å². The van der Waals surface area contributed by atoms with E-state index in [-0.39, 0.29) is 0 Å². The van der Waals surface area contributed by atoms with E-state index in [1.165, 1.54) is 0 Å². The molecule has 0 unspecified atom stereocenters. The molecule has 2 heterocycles. The van der Waals surface area contributed by atoms with Crippen molar-refractivity contribution < 1.29 is 9.59 Å². The highest BCUT2D eigenvalue weighted by molar-refractivity contribution is 6.51. The molecule has 84 valence electrons. The topological polar surface area (TPSA) is 59.1 Å². The van der Waals surface area contributed by atoms with Crippen LogP contribution in [0.4, 0.5) is 5.69 Å². The van der Waals surface area contributed by atoms with Crippen LogP contribution in [0.15, 0.2) is 54.9 Å². The number of hydrogen-bond donors (Lipinski definition) is 1. The number of benzene rings is 1. The minimum Gasteiger partial charge on any atom is -0.318 e. The third kappa shape index (κ3) is 2.55. The van der Waals surface area contributed by atoms with Gasteiger partial charge in [0.1, 0.15) is 0 Å². The van der Waals surface area contributed by atoms with Gasteiger partial charge < -0.3 is 5.32 Å². The van der Waals surface area contributed by atoms with Gasteiger partial charge in [0.25, 0.3) is 11.7 Å². The third-order valence-electron chi connectivity index (χ3n) is 2.19. The normalized spacial score (nSPS) is 12.2. The van der Waals surface area contributed by atoms with Gasteiger partial charge in [0, 0.05) is 12.4 Å². The summed E-state index contributed by atoms with van der Waals surface area (Å²) in [5.41, 5.74) is 1.08. The van der Waals surface area contributed by atoms with Crippen molar-refractivity contribution in [2.45, 2.75) is 0 Å². The third-order valence-corrected chi connectivity index (χ3v) is 2.19. The van der Waals surface area contributed by atoms with Gasteiger partial charge in [0.15, 0.2) is 0 Å². The van der Waals surface area contributed by atoms with E-state index in [4.69, 9.17) is 0 Å². The predicted octanol–water partition coefficient (Wildman–Crippen LogP) is 1.90. The SMILES string of the molecule is O=C1Nc2ccccc2C1=O.c1ccncc1. The van der Waals surface area contributed by atoms with Gasteiger partial charge >= 0.3 is 0 Å². The monoisotopic (exact) mass is 226 g/mol. The molecule has 0 bridgehead atoms. The van der Waals surface area contributed by atoms with Gasteiger partial charge in [-0.1, -0.05) is 18.2 Å². The first-order valence-electron chi connectivity index (χ1n) is 5.09. The van der Waals surface area contributed by atoms with Crippen LogP contribution in [0.3, 0.4) is 0 Å². The second kappa shape index (κ2) is 5.03. The van der Waals surface area contributed by atoms with Crippen molar-refractivity contribution in [3.8, 4) is 0 Å². The summed E-state index contributed by atoms with van der Waals surface area (Å²) in [5, 5.41) is 2.46. The van der Waals surface area contributed by atoms with Crippen LogP contribution in [0, 0.1) is 0 Å². The number of nitrogens with one attached hydrogen (secondary N) is 1. The largest absolute Gasteiger partial charge is 0.318 e. The zero-order chi connectivity index (χ0) is 12.1. The van der Waals surface area contributed by atoms with E-state index in [0.29, 0.717) is 11.3 Å². The van der Waals surface area contributed by atoms with Crippen LogP contribution in [0.25, 0.3) is 0 Å². The van der Waals surface area contributed by atoms with E-state index in [1.807, 2.05) is 18.2 Å². The molecule has 0 saturated carbocycles. The summed E-state index contributed by atoms with van der Waals surface area (Å²) in [5.74, 6) is -0.980. The average Bonchev–Trinajstić information content (AvgIpc) is 2.69. The van der Waals surface area contributed by atoms with Crippen LogP contribution < -0.4 is 5.32 Å². The van der Waals surface area contributed by atoms with Gasteiger partial charge in [-0.15, -0.1) is 0 Å². The first kappa shape index (κ1) is 11.0. The molecule has 1 aliphatic rings. The number of nitrogens with zero attached hydrogens (tertiary/aromatic N) is 1. The Labute approximate surface area is 98.3 Å². The number of carbonyl (C=O) groups excluding carboxylic acids is 2. The molecule has 4 nitrogen and oxygen atoms in total. The lowest BCUT2D eigenvalue weighted by atomic mass is 10.1. The molecule has 0 fully saturated rings. The molecule has 1 aromatic carbocycles. The fourth-order valence-electron chi connectivity index (χ4n) is 1.40. The van der Waals surface area contributed by atoms with Crippen molar-refractivity contribution in [2.24, 2.45) is 0 Å². The second-order valence-corrected chi connectivity index (χ2v) is 3.35. The van der Waals surface area contributed by atoms with Crippen molar-refractivity contribution in [2.75, 3.05) is 5.32 Å². The molecule has 3 rings (SSSR count). The van der Waals surface area contributed by atoms with Crippen LogP contribution in [0.1, 0.15) is 10.4 Å². The predicted molar refractivity (Wildman–Crippen MR) is 63.6 cm³/mol. The fourth-order valence-corrected chi connectivity index (χ4v) is 1.40. The van der Waals surface area contributed by atoms with Crippen molar-refractivity contribution in [3.63, 3.8) is 0 Å². The summed E-state index contributed by atoms with van der Waals surface area (Å²) in [7, 11) is 0. The van der Waals surface area contributed by atoms with Crippen LogP contribution in [0.5, 0.6) is 0 Å². The summed E-state index contributed by atoms with van der Waals surface area (Å²) in [4.78, 5) is 25.5. The lowest BCUT2D eigenvalue weighted by Crippen LogP contribution is -2.12. The van der Waals surface area contributed by atoms with E-state index in [9.17, 15) is 9.59 Å². The molecule has 1 aliphatic heterocycles. The smallest absolute Gasteiger partial charge is 0.296 e. The maximum atomic E-state index is 11.0. The number of aromatic nitrogens is 1. The highest BCUT2D eigenvalue weighted by Gasteiger charge is 2.26. The summed E-state index contributed by atoms with van der Waals surface area (Å²) >= 11 is 0. The Morgan fingerprint density at radius 3 is 2.12 bits per heavy atom.